The molecule has 3 radical (unpaired) electrons. The molecule has 0 saturated heterocycles. The first-order chi connectivity index (χ1) is 1.73. The van der Waals surface area contributed by atoms with Gasteiger partial charge >= 0.3 is 50.9 Å². The van der Waals surface area contributed by atoms with E-state index in [4.69, 9.17) is 15.0 Å². The van der Waals surface area contributed by atoms with Gasteiger partial charge in [-0.25, -0.2) is 0 Å². The van der Waals surface area contributed by atoms with Crippen LogP contribution < -0.4 is 10.2 Å². The van der Waals surface area contributed by atoms with E-state index in [1.807, 2.05) is 0 Å². The van der Waals surface area contributed by atoms with Gasteiger partial charge in [0.15, 0.2) is 0 Å². The van der Waals surface area contributed by atoms with Gasteiger partial charge in [0.1, 0.15) is 0 Å². The fourth-order valence-electron chi connectivity index (χ4n) is 0. The Bertz CT molecular complexity index is 37.0. The predicted octanol–water partition coefficient (Wildman–Crippen LogP) is -2.57. The van der Waals surface area contributed by atoms with Gasteiger partial charge in [0.2, 0.25) is 0 Å². The molecule has 0 amide bonds. The number of carbonyl (C=O) groups is 1. The zero-order valence-electron chi connectivity index (χ0n) is 3.22. The summed E-state index contributed by atoms with van der Waals surface area (Å²) >= 11 is 0. The monoisotopic (exact) mass is 245 g/mol. The van der Waals surface area contributed by atoms with Crippen molar-refractivity contribution in [2.45, 2.75) is 0 Å². The third-order valence-electron chi connectivity index (χ3n) is 0. The van der Waals surface area contributed by atoms with E-state index in [9.17, 15) is 0 Å². The minimum Gasteiger partial charge on any atom is -2.00 e. The quantitative estimate of drug-likeness (QED) is 0.439. The summed E-state index contributed by atoms with van der Waals surface area (Å²) in [5.74, 6) is 0. The summed E-state index contributed by atoms with van der Waals surface area (Å²) in [7, 11) is 0. The van der Waals surface area contributed by atoms with Crippen LogP contribution in [0, 0.1) is 0 Å². The van der Waals surface area contributed by atoms with Gasteiger partial charge in [-0.2, -0.15) is 0 Å². The average Bonchev–Trinajstić information content (AvgIpc) is 0.811. The van der Waals surface area contributed by atoms with Crippen molar-refractivity contribution in [3.63, 3.8) is 0 Å². The van der Waals surface area contributed by atoms with Crippen molar-refractivity contribution >= 4 is 6.16 Å². The third-order valence-corrected chi connectivity index (χ3v) is 0. The van der Waals surface area contributed by atoms with Crippen molar-refractivity contribution in [2.24, 2.45) is 0 Å². The van der Waals surface area contributed by atoms with Gasteiger partial charge in [-0.05, 0) is 6.16 Å². The third kappa shape index (κ3) is 376. The van der Waals surface area contributed by atoms with Crippen LogP contribution >= 0.6 is 0 Å². The molecule has 0 heterocycles. The standard InChI is InChI=1S/CH2O3.Co.2Mn.O/c2-1(3)4;;;;/h(H2,2,3,4);;;;/q;3*+2;-2/p-2. The van der Waals surface area contributed by atoms with E-state index < -0.39 is 6.16 Å². The molecule has 0 unspecified atom stereocenters. The molecule has 0 rings (SSSR count). The molecule has 0 aromatic heterocycles. The van der Waals surface area contributed by atoms with E-state index in [2.05, 4.69) is 0 Å². The zero-order valence-corrected chi connectivity index (χ0v) is 6.62. The Morgan fingerprint density at radius 3 is 1.12 bits per heavy atom. The summed E-state index contributed by atoms with van der Waals surface area (Å²) in [6, 6.07) is 0. The molecule has 4 nitrogen and oxygen atoms in total. The van der Waals surface area contributed by atoms with E-state index in [1.165, 1.54) is 0 Å². The van der Waals surface area contributed by atoms with Crippen LogP contribution in [0.5, 0.6) is 0 Å². The first kappa shape index (κ1) is 37.2. The molecule has 49 valence electrons. The van der Waals surface area contributed by atoms with Crippen LogP contribution in [0.1, 0.15) is 0 Å². The van der Waals surface area contributed by atoms with E-state index >= 15 is 0 Å². The van der Waals surface area contributed by atoms with Crippen molar-refractivity contribution in [2.75, 3.05) is 0 Å². The molecule has 0 N–H and O–H groups in total. The summed E-state index contributed by atoms with van der Waals surface area (Å²) in [5.41, 5.74) is 0. The SMILES string of the molecule is O=C([O-])[O-].[Co+2].[Mn+2].[Mn+2].[O-2]. The molecule has 7 heteroatoms. The zero-order chi connectivity index (χ0) is 3.58. The molecule has 0 atom stereocenters. The number of carboxylic acid groups (broad SMARTS) is 2. The Kier molecular flexibility index (Phi) is 117. The van der Waals surface area contributed by atoms with E-state index in [0.717, 1.165) is 0 Å². The van der Waals surface area contributed by atoms with Crippen molar-refractivity contribution in [1.29, 1.82) is 0 Å². The molecule has 0 aromatic carbocycles. The maximum Gasteiger partial charge on any atom is 2.00 e. The van der Waals surface area contributed by atoms with Gasteiger partial charge < -0.3 is 20.5 Å². The van der Waals surface area contributed by atoms with Gasteiger partial charge in [-0.3, -0.25) is 0 Å². The second-order valence-corrected chi connectivity index (χ2v) is 0.250. The summed E-state index contributed by atoms with van der Waals surface area (Å²) in [5, 5.41) is 16.7. The largest absolute Gasteiger partial charge is 2.00 e. The van der Waals surface area contributed by atoms with Gasteiger partial charge in [0, 0.05) is 0 Å². The van der Waals surface area contributed by atoms with Crippen LogP contribution in [0.2, 0.25) is 0 Å². The summed E-state index contributed by atoms with van der Waals surface area (Å²) in [6.07, 6.45) is -2.33. The molecule has 0 spiro atoms. The second-order valence-electron chi connectivity index (χ2n) is 0.250. The molecule has 0 bridgehead atoms. The average molecular weight is 245 g/mol. The fourth-order valence-corrected chi connectivity index (χ4v) is 0. The molecule has 0 saturated carbocycles. The number of hydrogen-bond acceptors (Lipinski definition) is 3. The molecule has 8 heavy (non-hydrogen) atoms. The maximum absolute atomic E-state index is 8.33. The van der Waals surface area contributed by atoms with E-state index in [0.29, 0.717) is 0 Å². The van der Waals surface area contributed by atoms with Gasteiger partial charge in [-0.1, -0.05) is 0 Å². The second kappa shape index (κ2) is 25.0. The van der Waals surface area contributed by atoms with Gasteiger partial charge in [0.05, 0.1) is 0 Å². The number of carbonyl (C=O) groups excluding carboxylic acids is 1. The Hall–Kier alpha value is 0.775. The topological polar surface area (TPSA) is 91.7 Å². The first-order valence-corrected chi connectivity index (χ1v) is 0.612. The van der Waals surface area contributed by atoms with Crippen LogP contribution in [0.25, 0.3) is 0 Å². The normalized spacial score (nSPS) is 3.00. The van der Waals surface area contributed by atoms with Crippen LogP contribution in [0.4, 0.5) is 4.79 Å². The van der Waals surface area contributed by atoms with Gasteiger partial charge in [0.25, 0.3) is 0 Å². The maximum atomic E-state index is 8.33. The number of hydrogen-bond donors (Lipinski definition) is 0. The smallest absolute Gasteiger partial charge is 2.00 e. The van der Waals surface area contributed by atoms with Crippen molar-refractivity contribution in [3.05, 3.63) is 0 Å². The number of rotatable bonds is 0. The predicted molar refractivity (Wildman–Crippen MR) is 6.08 cm³/mol. The van der Waals surface area contributed by atoms with Crippen LogP contribution in [0.3, 0.4) is 0 Å². The molecular weight excluding hydrogens is 245 g/mol. The van der Waals surface area contributed by atoms with Crippen LogP contribution in [-0.4, -0.2) is 6.16 Å². The van der Waals surface area contributed by atoms with E-state index in [-0.39, 0.29) is 56.4 Å². The minimum absolute atomic E-state index is 0. The van der Waals surface area contributed by atoms with Crippen molar-refractivity contribution in [1.82, 2.24) is 0 Å². The summed E-state index contributed by atoms with van der Waals surface area (Å²) < 4.78 is 0. The van der Waals surface area contributed by atoms with E-state index in [1.54, 1.807) is 0 Å². The van der Waals surface area contributed by atoms with Crippen molar-refractivity contribution in [3.8, 4) is 0 Å². The Morgan fingerprint density at radius 1 is 1.12 bits per heavy atom. The Morgan fingerprint density at radius 2 is 1.12 bits per heavy atom. The summed E-state index contributed by atoms with van der Waals surface area (Å²) in [4.78, 5) is 8.33. The fraction of sp³-hybridized carbons (Fsp3) is 0. The molecular formula is CCoMn2O4+2. The molecule has 0 aliphatic heterocycles. The minimum atomic E-state index is -2.33. The summed E-state index contributed by atoms with van der Waals surface area (Å²) in [6.45, 7) is 0. The Balaban J connectivity index is -0.00000000750. The molecule has 0 aliphatic carbocycles. The molecule has 0 fully saturated rings. The molecule has 0 aliphatic rings. The Labute approximate surface area is 77.5 Å². The van der Waals surface area contributed by atoms with Crippen LogP contribution in [-0.2, 0) is 56.4 Å². The van der Waals surface area contributed by atoms with Crippen LogP contribution in [0.15, 0.2) is 0 Å². The first-order valence-electron chi connectivity index (χ1n) is 0.612. The van der Waals surface area contributed by atoms with Gasteiger partial charge in [-0.15, -0.1) is 0 Å². The van der Waals surface area contributed by atoms with Crippen molar-refractivity contribution < 1.29 is 71.4 Å². The molecule has 0 aromatic rings.